The number of nitrogens with one attached hydrogen (secondary N) is 1. The van der Waals surface area contributed by atoms with Gasteiger partial charge in [0, 0.05) is 17.5 Å². The number of esters is 1. The van der Waals surface area contributed by atoms with Gasteiger partial charge in [0.1, 0.15) is 12.0 Å². The van der Waals surface area contributed by atoms with Gasteiger partial charge in [-0.05, 0) is 24.3 Å². The molecule has 0 atom stereocenters. The zero-order chi connectivity index (χ0) is 20.1. The molecule has 1 aromatic carbocycles. The van der Waals surface area contributed by atoms with E-state index in [1.165, 1.54) is 36.1 Å². The largest absolute Gasteiger partial charge is 0.464 e. The van der Waals surface area contributed by atoms with Crippen molar-refractivity contribution in [2.75, 3.05) is 5.32 Å². The molecule has 2 aromatic heterocycles. The first-order valence-electron chi connectivity index (χ1n) is 7.74. The Labute approximate surface area is 175 Å². The Hall–Kier alpha value is -2.50. The van der Waals surface area contributed by atoms with Crippen molar-refractivity contribution in [3.63, 3.8) is 0 Å². The second-order valence-electron chi connectivity index (χ2n) is 5.31. The van der Waals surface area contributed by atoms with Crippen LogP contribution in [-0.2, 0) is 10.5 Å². The van der Waals surface area contributed by atoms with Crippen molar-refractivity contribution in [3.05, 3.63) is 62.6 Å². The van der Waals surface area contributed by atoms with Crippen LogP contribution in [0.5, 0.6) is 5.75 Å². The summed E-state index contributed by atoms with van der Waals surface area (Å²) in [6.07, 6.45) is 1.11. The van der Waals surface area contributed by atoms with Gasteiger partial charge in [0.25, 0.3) is 0 Å². The van der Waals surface area contributed by atoms with E-state index in [-0.39, 0.29) is 11.7 Å². The van der Waals surface area contributed by atoms with Crippen LogP contribution in [0.15, 0.2) is 54.6 Å². The Morgan fingerprint density at radius 2 is 2.04 bits per heavy atom. The standard InChI is InChI=1S/C17H12BrN3O5S2/c1-9(22)19-16-20-21-17(28-16)27-8-12-6-13(23)14(7-25-12)26-15(24)10-2-4-11(18)5-3-10/h2-7H,8H2,1H3,(H,19,20,22). The maximum Gasteiger partial charge on any atom is 0.343 e. The van der Waals surface area contributed by atoms with Gasteiger partial charge < -0.3 is 14.5 Å². The van der Waals surface area contributed by atoms with Crippen LogP contribution in [-0.4, -0.2) is 22.1 Å². The lowest BCUT2D eigenvalue weighted by Crippen LogP contribution is -2.14. The maximum absolute atomic E-state index is 12.2. The van der Waals surface area contributed by atoms with Crippen LogP contribution >= 0.6 is 39.0 Å². The van der Waals surface area contributed by atoms with Crippen LogP contribution in [0, 0.1) is 0 Å². The van der Waals surface area contributed by atoms with Crippen molar-refractivity contribution in [1.82, 2.24) is 10.2 Å². The van der Waals surface area contributed by atoms with Gasteiger partial charge in [-0.3, -0.25) is 9.59 Å². The molecule has 0 radical (unpaired) electrons. The minimum absolute atomic E-state index is 0.189. The number of hydrogen-bond donors (Lipinski definition) is 1. The Balaban J connectivity index is 1.61. The highest BCUT2D eigenvalue weighted by Crippen LogP contribution is 2.28. The molecule has 0 unspecified atom stereocenters. The Morgan fingerprint density at radius 3 is 2.71 bits per heavy atom. The summed E-state index contributed by atoms with van der Waals surface area (Å²) in [5.41, 5.74) is -0.156. The molecule has 0 fully saturated rings. The number of anilines is 1. The number of hydrogen-bond acceptors (Lipinski definition) is 9. The van der Waals surface area contributed by atoms with Crippen LogP contribution in [0.3, 0.4) is 0 Å². The van der Waals surface area contributed by atoms with Gasteiger partial charge in [-0.25, -0.2) is 4.79 Å². The topological polar surface area (TPSA) is 111 Å². The minimum atomic E-state index is -0.652. The summed E-state index contributed by atoms with van der Waals surface area (Å²) < 4.78 is 11.9. The van der Waals surface area contributed by atoms with Crippen molar-refractivity contribution in [1.29, 1.82) is 0 Å². The van der Waals surface area contributed by atoms with Crippen molar-refractivity contribution in [2.45, 2.75) is 17.0 Å². The lowest BCUT2D eigenvalue weighted by atomic mass is 10.2. The second kappa shape index (κ2) is 9.13. The van der Waals surface area contributed by atoms with E-state index in [4.69, 9.17) is 9.15 Å². The number of halogens is 1. The highest BCUT2D eigenvalue weighted by molar-refractivity contribution is 9.10. The van der Waals surface area contributed by atoms with E-state index in [9.17, 15) is 14.4 Å². The molecule has 1 N–H and O–H groups in total. The van der Waals surface area contributed by atoms with Crippen LogP contribution < -0.4 is 15.5 Å². The first-order chi connectivity index (χ1) is 13.4. The van der Waals surface area contributed by atoms with Gasteiger partial charge in [-0.2, -0.15) is 0 Å². The Kier molecular flexibility index (Phi) is 6.60. The predicted octanol–water partition coefficient (Wildman–Crippen LogP) is 3.72. The molecule has 11 heteroatoms. The number of rotatable bonds is 6. The molecule has 3 aromatic rings. The summed E-state index contributed by atoms with van der Waals surface area (Å²) in [6.45, 7) is 1.38. The molecule has 0 saturated carbocycles. The zero-order valence-corrected chi connectivity index (χ0v) is 17.5. The van der Waals surface area contributed by atoms with E-state index in [0.717, 1.165) is 10.7 Å². The molecule has 1 amide bonds. The van der Waals surface area contributed by atoms with E-state index in [1.54, 1.807) is 24.3 Å². The molecule has 0 aliphatic rings. The average Bonchev–Trinajstić information content (AvgIpc) is 3.09. The van der Waals surface area contributed by atoms with E-state index >= 15 is 0 Å². The lowest BCUT2D eigenvalue weighted by molar-refractivity contribution is -0.114. The molecule has 28 heavy (non-hydrogen) atoms. The third-order valence-corrected chi connectivity index (χ3v) is 5.69. The first kappa shape index (κ1) is 20.2. The van der Waals surface area contributed by atoms with E-state index in [0.29, 0.717) is 26.5 Å². The van der Waals surface area contributed by atoms with Gasteiger partial charge >= 0.3 is 5.97 Å². The van der Waals surface area contributed by atoms with E-state index in [1.807, 2.05) is 0 Å². The van der Waals surface area contributed by atoms with Gasteiger partial charge in [-0.1, -0.05) is 39.0 Å². The van der Waals surface area contributed by atoms with Crippen molar-refractivity contribution >= 4 is 56.0 Å². The molecular weight excluding hydrogens is 470 g/mol. The quantitative estimate of drug-likeness (QED) is 0.322. The Bertz CT molecular complexity index is 1070. The number of benzene rings is 1. The first-order valence-corrected chi connectivity index (χ1v) is 10.3. The van der Waals surface area contributed by atoms with Crippen molar-refractivity contribution in [3.8, 4) is 5.75 Å². The predicted molar refractivity (Wildman–Crippen MR) is 108 cm³/mol. The summed E-state index contributed by atoms with van der Waals surface area (Å²) in [5.74, 6) is -0.362. The van der Waals surface area contributed by atoms with E-state index < -0.39 is 11.4 Å². The number of nitrogens with zero attached hydrogens (tertiary/aromatic N) is 2. The van der Waals surface area contributed by atoms with Gasteiger partial charge in [0.2, 0.25) is 22.2 Å². The molecule has 8 nitrogen and oxygen atoms in total. The third-order valence-electron chi connectivity index (χ3n) is 3.16. The van der Waals surface area contributed by atoms with Gasteiger partial charge in [0.15, 0.2) is 4.34 Å². The molecule has 0 aliphatic heterocycles. The fourth-order valence-electron chi connectivity index (χ4n) is 1.94. The molecule has 0 saturated heterocycles. The van der Waals surface area contributed by atoms with Gasteiger partial charge in [0.05, 0.1) is 11.3 Å². The molecular formula is C17H12BrN3O5S2. The average molecular weight is 482 g/mol. The summed E-state index contributed by atoms with van der Waals surface area (Å²) in [6, 6.07) is 7.81. The Morgan fingerprint density at radius 1 is 1.29 bits per heavy atom. The number of aromatic nitrogens is 2. The molecule has 2 heterocycles. The minimum Gasteiger partial charge on any atom is -0.464 e. The summed E-state index contributed by atoms with van der Waals surface area (Å²) in [4.78, 5) is 35.2. The maximum atomic E-state index is 12.2. The van der Waals surface area contributed by atoms with E-state index in [2.05, 4.69) is 31.4 Å². The smallest absolute Gasteiger partial charge is 0.343 e. The molecule has 144 valence electrons. The molecule has 0 bridgehead atoms. The number of carbonyl (C=O) groups is 2. The monoisotopic (exact) mass is 481 g/mol. The molecule has 0 spiro atoms. The summed E-state index contributed by atoms with van der Waals surface area (Å²) in [7, 11) is 0. The number of amides is 1. The van der Waals surface area contributed by atoms with Crippen molar-refractivity contribution < 1.29 is 18.7 Å². The molecule has 0 aliphatic carbocycles. The molecule has 3 rings (SSSR count). The zero-order valence-electron chi connectivity index (χ0n) is 14.3. The number of thioether (sulfide) groups is 1. The van der Waals surface area contributed by atoms with Gasteiger partial charge in [-0.15, -0.1) is 10.2 Å². The second-order valence-corrected chi connectivity index (χ2v) is 8.43. The van der Waals surface area contributed by atoms with Crippen LogP contribution in [0.4, 0.5) is 5.13 Å². The summed E-state index contributed by atoms with van der Waals surface area (Å²) >= 11 is 5.79. The normalized spacial score (nSPS) is 10.5. The SMILES string of the molecule is CC(=O)Nc1nnc(SCc2cc(=O)c(OC(=O)c3ccc(Br)cc3)co2)s1. The third kappa shape index (κ3) is 5.50. The number of ether oxygens (including phenoxy) is 1. The van der Waals surface area contributed by atoms with Crippen LogP contribution in [0.2, 0.25) is 0 Å². The fraction of sp³-hybridized carbons (Fsp3) is 0.118. The van der Waals surface area contributed by atoms with Crippen molar-refractivity contribution in [2.24, 2.45) is 0 Å². The van der Waals surface area contributed by atoms with Crippen LogP contribution in [0.25, 0.3) is 0 Å². The highest BCUT2D eigenvalue weighted by Gasteiger charge is 2.13. The highest BCUT2D eigenvalue weighted by atomic mass is 79.9. The number of carbonyl (C=O) groups excluding carboxylic acids is 2. The lowest BCUT2D eigenvalue weighted by Gasteiger charge is -2.04. The van der Waals surface area contributed by atoms with Crippen LogP contribution in [0.1, 0.15) is 23.0 Å². The fourth-order valence-corrected chi connectivity index (χ4v) is 3.89. The summed E-state index contributed by atoms with van der Waals surface area (Å²) in [5, 5.41) is 10.7.